The van der Waals surface area contributed by atoms with Gasteiger partial charge in [-0.05, 0) is 56.7 Å². The first-order valence-corrected chi connectivity index (χ1v) is 13.8. The van der Waals surface area contributed by atoms with Crippen LogP contribution >= 0.6 is 11.8 Å². The fourth-order valence-electron chi connectivity index (χ4n) is 4.00. The number of hydrogen-bond acceptors (Lipinski definition) is 10. The lowest BCUT2D eigenvalue weighted by molar-refractivity contribution is 0.0556. The summed E-state index contributed by atoms with van der Waals surface area (Å²) in [5, 5.41) is 7.08. The number of thioether (sulfide) groups is 1. The Hall–Kier alpha value is -4.33. The van der Waals surface area contributed by atoms with Crippen molar-refractivity contribution in [1.82, 2.24) is 10.3 Å². The third-order valence-corrected chi connectivity index (χ3v) is 6.72. The van der Waals surface area contributed by atoms with Gasteiger partial charge in [0.25, 0.3) is 5.91 Å². The van der Waals surface area contributed by atoms with E-state index in [1.54, 1.807) is 32.9 Å². The fraction of sp³-hybridized carbons (Fsp3) is 0.370. The van der Waals surface area contributed by atoms with Gasteiger partial charge >= 0.3 is 12.2 Å². The maximum absolute atomic E-state index is 14.9. The minimum atomic E-state index is -0.719. The van der Waals surface area contributed by atoms with Gasteiger partial charge in [0, 0.05) is 23.4 Å². The topological polar surface area (TPSA) is 154 Å². The molecule has 0 spiro atoms. The van der Waals surface area contributed by atoms with Crippen molar-refractivity contribution < 1.29 is 37.3 Å². The average molecular weight is 588 g/mol. The standard InChI is InChI=1S/C23H26FN3O5S.C4H4N2O2/c1-23(2,3)32-22(29)27(20-6-9-30-25-20)14-17-13-26(21(28)31-17)16-4-5-18(19(24)12-16)15-7-10-33-11-8-15;5-4(7)3-1-2-6-8-3/h4-7,9,12,17H,8,10-11,13-14H2,1-3H3;1-2H,(H2,5,7). The van der Waals surface area contributed by atoms with Crippen LogP contribution < -0.4 is 15.5 Å². The summed E-state index contributed by atoms with van der Waals surface area (Å²) in [4.78, 5) is 38.0. The van der Waals surface area contributed by atoms with Crippen molar-refractivity contribution >= 4 is 46.9 Å². The molecule has 2 aliphatic rings. The summed E-state index contributed by atoms with van der Waals surface area (Å²) >= 11 is 1.82. The summed E-state index contributed by atoms with van der Waals surface area (Å²) in [5.41, 5.74) is 6.02. The molecule has 1 unspecified atom stereocenters. The summed E-state index contributed by atoms with van der Waals surface area (Å²) in [6.07, 6.45) is 3.65. The monoisotopic (exact) mass is 587 g/mol. The molecule has 14 heteroatoms. The third-order valence-electron chi connectivity index (χ3n) is 5.83. The Morgan fingerprint density at radius 3 is 2.63 bits per heavy atom. The first kappa shape index (κ1) is 29.6. The number of nitrogens with two attached hydrogens (primary N) is 1. The van der Waals surface area contributed by atoms with Crippen molar-refractivity contribution in [2.75, 3.05) is 34.4 Å². The van der Waals surface area contributed by atoms with Crippen molar-refractivity contribution in [2.45, 2.75) is 38.9 Å². The van der Waals surface area contributed by atoms with E-state index in [-0.39, 0.29) is 30.5 Å². The predicted octanol–water partition coefficient (Wildman–Crippen LogP) is 4.87. The minimum absolute atomic E-state index is 0.00874. The van der Waals surface area contributed by atoms with Gasteiger partial charge in [0.15, 0.2) is 5.82 Å². The number of allylic oxidation sites excluding steroid dienone is 1. The highest BCUT2D eigenvalue weighted by Crippen LogP contribution is 2.31. The molecule has 3 amide bonds. The smallest absolute Gasteiger partial charge is 0.416 e. The van der Waals surface area contributed by atoms with Crippen molar-refractivity contribution in [3.63, 3.8) is 0 Å². The van der Waals surface area contributed by atoms with Crippen LogP contribution in [0, 0.1) is 5.82 Å². The second-order valence-electron chi connectivity index (χ2n) is 10.0. The lowest BCUT2D eigenvalue weighted by atomic mass is 10.0. The second-order valence-corrected chi connectivity index (χ2v) is 11.2. The molecule has 5 rings (SSSR count). The van der Waals surface area contributed by atoms with Crippen LogP contribution in [0.25, 0.3) is 5.57 Å². The van der Waals surface area contributed by atoms with Gasteiger partial charge in [0.1, 0.15) is 23.8 Å². The zero-order chi connectivity index (χ0) is 29.6. The number of ether oxygens (including phenoxy) is 2. The first-order chi connectivity index (χ1) is 19.5. The molecule has 12 nitrogen and oxygen atoms in total. The van der Waals surface area contributed by atoms with E-state index >= 15 is 0 Å². The minimum Gasteiger partial charge on any atom is -0.443 e. The normalized spacial score (nSPS) is 16.8. The third kappa shape index (κ3) is 7.87. The van der Waals surface area contributed by atoms with Crippen molar-refractivity contribution in [3.8, 4) is 0 Å². The number of rotatable bonds is 6. The molecule has 2 aromatic heterocycles. The van der Waals surface area contributed by atoms with E-state index < -0.39 is 29.8 Å². The number of carbonyl (C=O) groups is 3. The van der Waals surface area contributed by atoms with Gasteiger partial charge in [-0.2, -0.15) is 11.8 Å². The number of halogens is 1. The summed E-state index contributed by atoms with van der Waals surface area (Å²) in [6, 6.07) is 7.70. The molecule has 1 atom stereocenters. The first-order valence-electron chi connectivity index (χ1n) is 12.7. The Kier molecular flexibility index (Phi) is 9.32. The lowest BCUT2D eigenvalue weighted by Crippen LogP contribution is -2.42. The van der Waals surface area contributed by atoms with E-state index in [0.29, 0.717) is 11.3 Å². The van der Waals surface area contributed by atoms with Gasteiger partial charge < -0.3 is 24.3 Å². The number of primary amides is 1. The van der Waals surface area contributed by atoms with Crippen LogP contribution in [0.1, 0.15) is 43.3 Å². The molecule has 0 bridgehead atoms. The predicted molar refractivity (Wildman–Crippen MR) is 149 cm³/mol. The van der Waals surface area contributed by atoms with E-state index in [1.165, 1.54) is 40.5 Å². The molecule has 2 aliphatic heterocycles. The molecule has 1 fully saturated rings. The van der Waals surface area contributed by atoms with E-state index in [0.717, 1.165) is 23.5 Å². The van der Waals surface area contributed by atoms with Crippen LogP contribution in [0.3, 0.4) is 0 Å². The van der Waals surface area contributed by atoms with Gasteiger partial charge in [-0.3, -0.25) is 14.6 Å². The number of carbonyl (C=O) groups excluding carboxylic acids is 3. The van der Waals surface area contributed by atoms with Crippen LogP contribution in [0.15, 0.2) is 57.9 Å². The van der Waals surface area contributed by atoms with E-state index in [2.05, 4.69) is 14.8 Å². The number of amides is 3. The summed E-state index contributed by atoms with van der Waals surface area (Å²) < 4.78 is 35.0. The van der Waals surface area contributed by atoms with Gasteiger partial charge in [0.05, 0.1) is 25.0 Å². The van der Waals surface area contributed by atoms with Crippen LogP contribution in [0.2, 0.25) is 0 Å². The number of hydrogen-bond donors (Lipinski definition) is 1. The lowest BCUT2D eigenvalue weighted by Gasteiger charge is -2.26. The molecule has 1 aromatic carbocycles. The number of benzene rings is 1. The molecule has 0 radical (unpaired) electrons. The second kappa shape index (κ2) is 12.9. The largest absolute Gasteiger partial charge is 0.443 e. The molecule has 41 heavy (non-hydrogen) atoms. The highest BCUT2D eigenvalue weighted by atomic mass is 32.2. The molecule has 218 valence electrons. The Morgan fingerprint density at radius 1 is 1.27 bits per heavy atom. The Bertz CT molecular complexity index is 1390. The van der Waals surface area contributed by atoms with E-state index in [9.17, 15) is 18.8 Å². The van der Waals surface area contributed by atoms with Gasteiger partial charge in [-0.25, -0.2) is 14.0 Å². The molecule has 0 aliphatic carbocycles. The highest BCUT2D eigenvalue weighted by molar-refractivity contribution is 7.99. The fourth-order valence-corrected chi connectivity index (χ4v) is 4.85. The Morgan fingerprint density at radius 2 is 2.07 bits per heavy atom. The van der Waals surface area contributed by atoms with Crippen LogP contribution in [0.4, 0.5) is 25.5 Å². The van der Waals surface area contributed by atoms with Crippen molar-refractivity contribution in [1.29, 1.82) is 0 Å². The van der Waals surface area contributed by atoms with Crippen molar-refractivity contribution in [2.24, 2.45) is 5.73 Å². The molecule has 1 saturated heterocycles. The molecule has 4 heterocycles. The summed E-state index contributed by atoms with van der Waals surface area (Å²) in [7, 11) is 0. The number of anilines is 2. The zero-order valence-corrected chi connectivity index (χ0v) is 23.6. The van der Waals surface area contributed by atoms with Crippen molar-refractivity contribution in [3.05, 3.63) is 66.0 Å². The van der Waals surface area contributed by atoms with Crippen LogP contribution in [-0.4, -0.2) is 64.7 Å². The highest BCUT2D eigenvalue weighted by Gasteiger charge is 2.37. The zero-order valence-electron chi connectivity index (χ0n) is 22.7. The molecule has 3 aromatic rings. The molecule has 0 saturated carbocycles. The summed E-state index contributed by atoms with van der Waals surface area (Å²) in [6.45, 7) is 5.42. The maximum Gasteiger partial charge on any atom is 0.416 e. The Labute approximate surface area is 239 Å². The quantitative estimate of drug-likeness (QED) is 0.422. The maximum atomic E-state index is 14.9. The number of cyclic esters (lactones) is 1. The number of aromatic nitrogens is 2. The van der Waals surface area contributed by atoms with Gasteiger partial charge in [-0.15, -0.1) is 0 Å². The van der Waals surface area contributed by atoms with E-state index in [4.69, 9.17) is 19.7 Å². The average Bonchev–Trinajstić information content (AvgIpc) is 3.70. The molecular weight excluding hydrogens is 557 g/mol. The van der Waals surface area contributed by atoms with Crippen LogP contribution in [-0.2, 0) is 9.47 Å². The van der Waals surface area contributed by atoms with Gasteiger partial charge in [-0.1, -0.05) is 16.4 Å². The Balaban J connectivity index is 0.000000417. The van der Waals surface area contributed by atoms with Gasteiger partial charge in [0.2, 0.25) is 5.76 Å². The molecular formula is C27H30FN5O7S. The van der Waals surface area contributed by atoms with Crippen LogP contribution in [0.5, 0.6) is 0 Å². The van der Waals surface area contributed by atoms with E-state index in [1.807, 2.05) is 17.8 Å². The molecule has 2 N–H and O–H groups in total. The SMILES string of the molecule is CC(C)(C)OC(=O)N(CC1CN(c2ccc(C3=CCSCC3)c(F)c2)C(=O)O1)c1ccon1.NC(=O)c1ccno1. The summed E-state index contributed by atoms with van der Waals surface area (Å²) in [5.74, 6) is 1.20. The number of nitrogens with zero attached hydrogens (tertiary/aromatic N) is 4.